The van der Waals surface area contributed by atoms with Crippen LogP contribution in [0, 0.1) is 5.92 Å². The number of hydrogen-bond donors (Lipinski definition) is 2. The van der Waals surface area contributed by atoms with Gasteiger partial charge >= 0.3 is 4.87 Å². The van der Waals surface area contributed by atoms with Gasteiger partial charge in [-0.15, -0.1) is 0 Å². The second-order valence-corrected chi connectivity index (χ2v) is 7.54. The Morgan fingerprint density at radius 3 is 2.52 bits per heavy atom. The van der Waals surface area contributed by atoms with Crippen molar-refractivity contribution in [2.24, 2.45) is 5.92 Å². The summed E-state index contributed by atoms with van der Waals surface area (Å²) >= 11 is 2.36. The maximum absolute atomic E-state index is 12.3. The Balaban J connectivity index is 1.87. The summed E-state index contributed by atoms with van der Waals surface area (Å²) in [4.78, 5) is 39.5. The highest BCUT2D eigenvalue weighted by Crippen LogP contribution is 2.50. The Kier molecular flexibility index (Phi) is 3.31. The van der Waals surface area contributed by atoms with Crippen molar-refractivity contribution in [3.05, 3.63) is 44.4 Å². The molecule has 2 amide bonds. The summed E-state index contributed by atoms with van der Waals surface area (Å²) in [7, 11) is 1.58. The molecule has 6 nitrogen and oxygen atoms in total. The zero-order valence-corrected chi connectivity index (χ0v) is 13.6. The first-order chi connectivity index (χ1) is 11.1. The van der Waals surface area contributed by atoms with E-state index in [9.17, 15) is 14.4 Å². The van der Waals surface area contributed by atoms with E-state index in [1.807, 2.05) is 24.3 Å². The van der Waals surface area contributed by atoms with E-state index < -0.39 is 11.2 Å². The van der Waals surface area contributed by atoms with Crippen LogP contribution in [0.5, 0.6) is 5.75 Å². The molecule has 1 fully saturated rings. The van der Waals surface area contributed by atoms with E-state index in [-0.39, 0.29) is 22.6 Å². The van der Waals surface area contributed by atoms with Gasteiger partial charge in [-0.1, -0.05) is 35.2 Å². The van der Waals surface area contributed by atoms with Crippen molar-refractivity contribution in [3.63, 3.8) is 0 Å². The van der Waals surface area contributed by atoms with Crippen molar-refractivity contribution in [2.75, 3.05) is 7.11 Å². The molecule has 2 aliphatic rings. The molecule has 3 atom stereocenters. The second kappa shape index (κ2) is 5.24. The number of nitrogens with one attached hydrogen (secondary N) is 2. The number of aromatic amines is 1. The first-order valence-electron chi connectivity index (χ1n) is 6.97. The highest BCUT2D eigenvalue weighted by Gasteiger charge is 2.52. The summed E-state index contributed by atoms with van der Waals surface area (Å²) in [5, 5.41) is 2.59. The van der Waals surface area contributed by atoms with E-state index in [2.05, 4.69) is 10.3 Å². The third-order valence-corrected chi connectivity index (χ3v) is 6.55. The molecule has 0 saturated carbocycles. The van der Waals surface area contributed by atoms with Crippen molar-refractivity contribution in [3.8, 4) is 5.75 Å². The molecule has 118 valence electrons. The maximum atomic E-state index is 12.3. The van der Waals surface area contributed by atoms with Gasteiger partial charge in [-0.05, 0) is 17.7 Å². The molecule has 8 heteroatoms. The molecule has 0 bridgehead atoms. The molecule has 4 rings (SSSR count). The van der Waals surface area contributed by atoms with Crippen LogP contribution in [0.1, 0.15) is 16.4 Å². The summed E-state index contributed by atoms with van der Waals surface area (Å²) in [6.45, 7) is 0. The Hall–Kier alpha value is -2.06. The van der Waals surface area contributed by atoms with Gasteiger partial charge in [-0.25, -0.2) is 0 Å². The van der Waals surface area contributed by atoms with Gasteiger partial charge in [0.2, 0.25) is 11.8 Å². The summed E-state index contributed by atoms with van der Waals surface area (Å²) in [6.07, 6.45) is 0. The topological polar surface area (TPSA) is 88.3 Å². The Morgan fingerprint density at radius 1 is 1.09 bits per heavy atom. The van der Waals surface area contributed by atoms with Gasteiger partial charge in [0, 0.05) is 10.8 Å². The summed E-state index contributed by atoms with van der Waals surface area (Å²) in [5.41, 5.74) is 0.891. The quantitative estimate of drug-likeness (QED) is 0.799. The molecule has 1 aromatic heterocycles. The molecule has 2 aromatic rings. The van der Waals surface area contributed by atoms with Gasteiger partial charge in [0.15, 0.2) is 0 Å². The predicted octanol–water partition coefficient (Wildman–Crippen LogP) is 1.32. The number of H-pyrrole nitrogens is 1. The molecule has 2 aliphatic heterocycles. The van der Waals surface area contributed by atoms with E-state index >= 15 is 0 Å². The third-order valence-electron chi connectivity index (χ3n) is 4.14. The van der Waals surface area contributed by atoms with Crippen LogP contribution in [0.2, 0.25) is 0 Å². The van der Waals surface area contributed by atoms with Crippen molar-refractivity contribution < 1.29 is 14.3 Å². The fraction of sp³-hybridized carbons (Fsp3) is 0.267. The first kappa shape index (κ1) is 14.5. The number of aromatic nitrogens is 1. The lowest BCUT2D eigenvalue weighted by Crippen LogP contribution is -2.31. The number of ether oxygens (including phenoxy) is 1. The van der Waals surface area contributed by atoms with Crippen LogP contribution < -0.4 is 14.9 Å². The van der Waals surface area contributed by atoms with Crippen molar-refractivity contribution >= 4 is 34.9 Å². The van der Waals surface area contributed by atoms with Gasteiger partial charge in [0.1, 0.15) is 11.0 Å². The van der Waals surface area contributed by atoms with E-state index in [4.69, 9.17) is 4.74 Å². The first-order valence-corrected chi connectivity index (χ1v) is 8.66. The fourth-order valence-electron chi connectivity index (χ4n) is 3.11. The standard InChI is InChI=1S/C15H12N2O4S2/c1-21-7-4-2-6(3-5-7)8-9-10(13(19)16-12(9)18)22-14-11(8)23-15(20)17-14/h2-5,8-10H,1H3,(H,17,20)(H,16,18,19)/t8-,9-,10+/m1/s1. The number of imide groups is 1. The van der Waals surface area contributed by atoms with Crippen molar-refractivity contribution in [2.45, 2.75) is 16.2 Å². The number of methoxy groups -OCH3 is 1. The molecule has 0 unspecified atom stereocenters. The lowest BCUT2D eigenvalue weighted by Gasteiger charge is -2.29. The number of hydrogen-bond acceptors (Lipinski definition) is 6. The minimum Gasteiger partial charge on any atom is -0.497 e. The van der Waals surface area contributed by atoms with Gasteiger partial charge in [-0.3, -0.25) is 19.7 Å². The monoisotopic (exact) mass is 348 g/mol. The van der Waals surface area contributed by atoms with Crippen LogP contribution in [0.15, 0.2) is 34.1 Å². The third kappa shape index (κ3) is 2.21. The van der Waals surface area contributed by atoms with Gasteiger partial charge in [0.05, 0.1) is 18.1 Å². The highest BCUT2D eigenvalue weighted by atomic mass is 32.2. The zero-order chi connectivity index (χ0) is 16.1. The number of thioether (sulfide) groups is 1. The summed E-state index contributed by atoms with van der Waals surface area (Å²) in [6, 6.07) is 7.38. The zero-order valence-electron chi connectivity index (χ0n) is 12.0. The molecule has 2 N–H and O–H groups in total. The number of rotatable bonds is 2. The predicted molar refractivity (Wildman–Crippen MR) is 86.1 cm³/mol. The minimum absolute atomic E-state index is 0.172. The van der Waals surface area contributed by atoms with Gasteiger partial charge in [0.25, 0.3) is 0 Å². The van der Waals surface area contributed by atoms with Gasteiger partial charge < -0.3 is 9.72 Å². The number of carbonyl (C=O) groups is 2. The lowest BCUT2D eigenvalue weighted by molar-refractivity contribution is -0.125. The van der Waals surface area contributed by atoms with E-state index in [1.54, 1.807) is 7.11 Å². The van der Waals surface area contributed by atoms with Crippen LogP contribution in [-0.4, -0.2) is 29.2 Å². The number of benzene rings is 1. The smallest absolute Gasteiger partial charge is 0.305 e. The van der Waals surface area contributed by atoms with Crippen LogP contribution in [-0.2, 0) is 9.59 Å². The number of amides is 2. The molecule has 0 radical (unpaired) electrons. The van der Waals surface area contributed by atoms with Gasteiger partial charge in [-0.2, -0.15) is 0 Å². The number of carbonyl (C=O) groups excluding carboxylic acids is 2. The van der Waals surface area contributed by atoms with E-state index in [1.165, 1.54) is 11.8 Å². The van der Waals surface area contributed by atoms with Crippen LogP contribution in [0.3, 0.4) is 0 Å². The van der Waals surface area contributed by atoms with Crippen LogP contribution >= 0.6 is 23.1 Å². The summed E-state index contributed by atoms with van der Waals surface area (Å²) in [5.74, 6) is -0.664. The van der Waals surface area contributed by atoms with E-state index in [0.29, 0.717) is 10.8 Å². The Labute approximate surface area is 139 Å². The second-order valence-electron chi connectivity index (χ2n) is 5.38. The molecule has 1 aromatic carbocycles. The number of thiazole rings is 1. The molecular formula is C15H12N2O4S2. The van der Waals surface area contributed by atoms with Crippen molar-refractivity contribution in [1.82, 2.24) is 10.3 Å². The van der Waals surface area contributed by atoms with Crippen molar-refractivity contribution in [1.29, 1.82) is 0 Å². The average Bonchev–Trinajstić information content (AvgIpc) is 3.05. The maximum Gasteiger partial charge on any atom is 0.305 e. The highest BCUT2D eigenvalue weighted by molar-refractivity contribution is 8.00. The molecular weight excluding hydrogens is 336 g/mol. The SMILES string of the molecule is COc1ccc([C@H]2c3sc(=O)[nH]c3S[C@@H]3C(=O)NC(=O)[C@H]23)cc1. The Bertz CT molecular complexity index is 855. The molecule has 0 aliphatic carbocycles. The minimum atomic E-state index is -0.507. The molecule has 3 heterocycles. The normalized spacial score (nSPS) is 25.7. The Morgan fingerprint density at radius 2 is 1.83 bits per heavy atom. The van der Waals surface area contributed by atoms with Crippen LogP contribution in [0.4, 0.5) is 0 Å². The molecule has 0 spiro atoms. The summed E-state index contributed by atoms with van der Waals surface area (Å²) < 4.78 is 5.16. The lowest BCUT2D eigenvalue weighted by atomic mass is 9.83. The molecule has 23 heavy (non-hydrogen) atoms. The average molecular weight is 348 g/mol. The fourth-order valence-corrected chi connectivity index (χ4v) is 5.59. The molecule has 1 saturated heterocycles. The van der Waals surface area contributed by atoms with Crippen LogP contribution in [0.25, 0.3) is 0 Å². The largest absolute Gasteiger partial charge is 0.497 e. The van der Waals surface area contributed by atoms with E-state index in [0.717, 1.165) is 21.8 Å². The number of fused-ring (bicyclic) bond motifs is 2.